The summed E-state index contributed by atoms with van der Waals surface area (Å²) in [5.74, 6) is 0.123. The van der Waals surface area contributed by atoms with Crippen LogP contribution in [0.3, 0.4) is 0 Å². The molecule has 1 aromatic heterocycles. The second kappa shape index (κ2) is 5.52. The highest BCUT2D eigenvalue weighted by molar-refractivity contribution is 5.67. The van der Waals surface area contributed by atoms with E-state index in [4.69, 9.17) is 9.63 Å². The lowest BCUT2D eigenvalue weighted by Crippen LogP contribution is -2.40. The fourth-order valence-corrected chi connectivity index (χ4v) is 2.63. The van der Waals surface area contributed by atoms with Crippen molar-refractivity contribution in [3.05, 3.63) is 17.0 Å². The van der Waals surface area contributed by atoms with Crippen LogP contribution in [0.5, 0.6) is 0 Å². The number of rotatable bonds is 4. The average molecular weight is 252 g/mol. The van der Waals surface area contributed by atoms with Crippen LogP contribution in [0.2, 0.25) is 0 Å². The van der Waals surface area contributed by atoms with Gasteiger partial charge in [0.25, 0.3) is 0 Å². The minimum absolute atomic E-state index is 0.143. The smallest absolute Gasteiger partial charge is 0.304 e. The van der Waals surface area contributed by atoms with Crippen molar-refractivity contribution < 1.29 is 14.4 Å². The van der Waals surface area contributed by atoms with Crippen molar-refractivity contribution in [2.45, 2.75) is 52.1 Å². The van der Waals surface area contributed by atoms with Gasteiger partial charge in [0.2, 0.25) is 0 Å². The Hall–Kier alpha value is -1.36. The number of carbonyl (C=O) groups is 1. The molecule has 0 aromatic carbocycles. The molecule has 100 valence electrons. The van der Waals surface area contributed by atoms with E-state index in [1.807, 2.05) is 13.8 Å². The van der Waals surface area contributed by atoms with E-state index >= 15 is 0 Å². The average Bonchev–Trinajstić information content (AvgIpc) is 2.62. The van der Waals surface area contributed by atoms with E-state index in [0.29, 0.717) is 0 Å². The van der Waals surface area contributed by atoms with Gasteiger partial charge in [0, 0.05) is 18.2 Å². The molecule has 1 fully saturated rings. The lowest BCUT2D eigenvalue weighted by Gasteiger charge is -2.34. The summed E-state index contributed by atoms with van der Waals surface area (Å²) in [4.78, 5) is 13.1. The van der Waals surface area contributed by atoms with Crippen LogP contribution in [0.15, 0.2) is 4.52 Å². The number of piperidine rings is 1. The van der Waals surface area contributed by atoms with Crippen molar-refractivity contribution in [1.82, 2.24) is 10.1 Å². The van der Waals surface area contributed by atoms with E-state index in [0.717, 1.165) is 49.4 Å². The molecule has 0 bridgehead atoms. The molecular weight excluding hydrogens is 232 g/mol. The summed E-state index contributed by atoms with van der Waals surface area (Å²) in [6, 6.07) is 0.143. The van der Waals surface area contributed by atoms with Crippen molar-refractivity contribution >= 4 is 5.97 Å². The molecular formula is C13H20N2O3. The zero-order valence-electron chi connectivity index (χ0n) is 11.0. The Kier molecular flexibility index (Phi) is 4.01. The number of hydrogen-bond donors (Lipinski definition) is 1. The van der Waals surface area contributed by atoms with Crippen molar-refractivity contribution in [3.8, 4) is 0 Å². The first-order chi connectivity index (χ1) is 8.58. The Labute approximate surface area is 107 Å². The van der Waals surface area contributed by atoms with E-state index < -0.39 is 5.97 Å². The summed E-state index contributed by atoms with van der Waals surface area (Å²) >= 11 is 0. The predicted molar refractivity (Wildman–Crippen MR) is 66.3 cm³/mol. The van der Waals surface area contributed by atoms with Gasteiger partial charge in [-0.1, -0.05) is 11.6 Å². The first kappa shape index (κ1) is 13.1. The fraction of sp³-hybridized carbons (Fsp3) is 0.692. The lowest BCUT2D eigenvalue weighted by atomic mass is 9.98. The maximum Gasteiger partial charge on any atom is 0.304 e. The molecule has 0 radical (unpaired) electrons. The highest BCUT2D eigenvalue weighted by atomic mass is 16.5. The molecule has 1 N–H and O–H groups in total. The molecule has 0 spiro atoms. The van der Waals surface area contributed by atoms with Crippen LogP contribution >= 0.6 is 0 Å². The SMILES string of the molecule is Cc1noc(C)c1CN1CCCCC1CC(=O)O. The number of nitrogens with zero attached hydrogens (tertiary/aromatic N) is 2. The van der Waals surface area contributed by atoms with Crippen molar-refractivity contribution in [1.29, 1.82) is 0 Å². The fourth-order valence-electron chi connectivity index (χ4n) is 2.63. The molecule has 2 rings (SSSR count). The van der Waals surface area contributed by atoms with Crippen LogP contribution < -0.4 is 0 Å². The van der Waals surface area contributed by atoms with Crippen molar-refractivity contribution in [3.63, 3.8) is 0 Å². The van der Waals surface area contributed by atoms with Gasteiger partial charge in [-0.15, -0.1) is 0 Å². The van der Waals surface area contributed by atoms with Crippen molar-refractivity contribution in [2.24, 2.45) is 0 Å². The Balaban J connectivity index is 2.07. The van der Waals surface area contributed by atoms with E-state index in [1.54, 1.807) is 0 Å². The molecule has 2 heterocycles. The van der Waals surface area contributed by atoms with Crippen molar-refractivity contribution in [2.75, 3.05) is 6.54 Å². The summed E-state index contributed by atoms with van der Waals surface area (Å²) in [7, 11) is 0. The molecule has 1 aliphatic heterocycles. The first-order valence-electron chi connectivity index (χ1n) is 6.45. The normalized spacial score (nSPS) is 21.1. The van der Waals surface area contributed by atoms with Gasteiger partial charge in [-0.2, -0.15) is 0 Å². The third kappa shape index (κ3) is 2.90. The van der Waals surface area contributed by atoms with Gasteiger partial charge in [0.05, 0.1) is 12.1 Å². The second-order valence-corrected chi connectivity index (χ2v) is 5.02. The summed E-state index contributed by atoms with van der Waals surface area (Å²) in [6.45, 7) is 5.55. The zero-order valence-corrected chi connectivity index (χ0v) is 11.0. The third-order valence-corrected chi connectivity index (χ3v) is 3.70. The Morgan fingerprint density at radius 3 is 2.89 bits per heavy atom. The number of aryl methyl sites for hydroxylation is 2. The van der Waals surface area contributed by atoms with Gasteiger partial charge in [0.15, 0.2) is 0 Å². The summed E-state index contributed by atoms with van der Waals surface area (Å²) < 4.78 is 5.16. The molecule has 1 aromatic rings. The summed E-state index contributed by atoms with van der Waals surface area (Å²) in [5.41, 5.74) is 2.01. The van der Waals surface area contributed by atoms with Gasteiger partial charge in [-0.25, -0.2) is 0 Å². The maximum atomic E-state index is 10.9. The quantitative estimate of drug-likeness (QED) is 0.889. The standard InChI is InChI=1S/C13H20N2O3/c1-9-12(10(2)18-14-9)8-15-6-4-3-5-11(15)7-13(16)17/h11H,3-8H2,1-2H3,(H,16,17). The lowest BCUT2D eigenvalue weighted by molar-refractivity contribution is -0.138. The maximum absolute atomic E-state index is 10.9. The van der Waals surface area contributed by atoms with Gasteiger partial charge >= 0.3 is 5.97 Å². The molecule has 1 unspecified atom stereocenters. The molecule has 1 atom stereocenters. The minimum atomic E-state index is -0.717. The van der Waals surface area contributed by atoms with Gasteiger partial charge < -0.3 is 9.63 Å². The number of aliphatic carboxylic acids is 1. The summed E-state index contributed by atoms with van der Waals surface area (Å²) in [5, 5.41) is 12.9. The number of carboxylic acid groups (broad SMARTS) is 1. The van der Waals surface area contributed by atoms with E-state index in [9.17, 15) is 4.79 Å². The van der Waals surface area contributed by atoms with E-state index in [2.05, 4.69) is 10.1 Å². The number of hydrogen-bond acceptors (Lipinski definition) is 4. The van der Waals surface area contributed by atoms with E-state index in [1.165, 1.54) is 0 Å². The van der Waals surface area contributed by atoms with Crippen LogP contribution in [-0.2, 0) is 11.3 Å². The summed E-state index contributed by atoms with van der Waals surface area (Å²) in [6.07, 6.45) is 3.45. The van der Waals surface area contributed by atoms with Crippen LogP contribution in [0.1, 0.15) is 42.7 Å². The molecule has 0 amide bonds. The highest BCUT2D eigenvalue weighted by Gasteiger charge is 2.26. The highest BCUT2D eigenvalue weighted by Crippen LogP contribution is 2.24. The Morgan fingerprint density at radius 1 is 1.50 bits per heavy atom. The molecule has 18 heavy (non-hydrogen) atoms. The van der Waals surface area contributed by atoms with Crippen LogP contribution in [0.4, 0.5) is 0 Å². The molecule has 5 nitrogen and oxygen atoms in total. The molecule has 0 aliphatic carbocycles. The van der Waals surface area contributed by atoms with Gasteiger partial charge in [-0.3, -0.25) is 9.69 Å². The topological polar surface area (TPSA) is 66.6 Å². The predicted octanol–water partition coefficient (Wildman–Crippen LogP) is 2.12. The third-order valence-electron chi connectivity index (χ3n) is 3.70. The molecule has 1 aliphatic rings. The Morgan fingerprint density at radius 2 is 2.28 bits per heavy atom. The number of aromatic nitrogens is 1. The monoisotopic (exact) mass is 252 g/mol. The Bertz CT molecular complexity index is 408. The largest absolute Gasteiger partial charge is 0.481 e. The van der Waals surface area contributed by atoms with E-state index in [-0.39, 0.29) is 12.5 Å². The number of carboxylic acids is 1. The van der Waals surface area contributed by atoms with Gasteiger partial charge in [-0.05, 0) is 33.2 Å². The number of likely N-dealkylation sites (tertiary alicyclic amines) is 1. The second-order valence-electron chi connectivity index (χ2n) is 5.02. The van der Waals surface area contributed by atoms with Gasteiger partial charge in [0.1, 0.15) is 5.76 Å². The first-order valence-corrected chi connectivity index (χ1v) is 6.45. The van der Waals surface area contributed by atoms with Crippen LogP contribution in [0, 0.1) is 13.8 Å². The molecule has 1 saturated heterocycles. The zero-order chi connectivity index (χ0) is 13.1. The van der Waals surface area contributed by atoms with Crippen LogP contribution in [0.25, 0.3) is 0 Å². The van der Waals surface area contributed by atoms with Crippen LogP contribution in [-0.4, -0.2) is 33.7 Å². The molecule has 5 heteroatoms. The molecule has 0 saturated carbocycles. The minimum Gasteiger partial charge on any atom is -0.481 e.